The molecule has 2 aromatic rings. The zero-order valence-corrected chi connectivity index (χ0v) is 10.2. The Labute approximate surface area is 106 Å². The van der Waals surface area contributed by atoms with Crippen molar-refractivity contribution in [2.45, 2.75) is 31.8 Å². The Kier molecular flexibility index (Phi) is 2.80. The topological polar surface area (TPSA) is 64.1 Å². The standard InChI is InChI=1S/C14H17N3O/c15-11-4-5-17-9-12(16-14(17)8-11)6-10-2-1-3-13(18)7-10/h1-3,7,9,11,18H,4-6,8,15H2. The molecule has 1 aliphatic heterocycles. The molecule has 1 aromatic heterocycles. The Hall–Kier alpha value is -1.81. The summed E-state index contributed by atoms with van der Waals surface area (Å²) >= 11 is 0. The number of rotatable bonds is 2. The van der Waals surface area contributed by atoms with Crippen LogP contribution in [0.3, 0.4) is 0 Å². The van der Waals surface area contributed by atoms with Gasteiger partial charge >= 0.3 is 0 Å². The quantitative estimate of drug-likeness (QED) is 0.839. The summed E-state index contributed by atoms with van der Waals surface area (Å²) in [6.45, 7) is 0.962. The van der Waals surface area contributed by atoms with Gasteiger partial charge in [-0.15, -0.1) is 0 Å². The molecule has 0 saturated heterocycles. The van der Waals surface area contributed by atoms with Crippen LogP contribution in [0.5, 0.6) is 5.75 Å². The summed E-state index contributed by atoms with van der Waals surface area (Å²) in [5, 5.41) is 9.45. The molecule has 0 aliphatic carbocycles. The highest BCUT2D eigenvalue weighted by atomic mass is 16.3. The van der Waals surface area contributed by atoms with E-state index in [1.807, 2.05) is 12.1 Å². The molecule has 18 heavy (non-hydrogen) atoms. The highest BCUT2D eigenvalue weighted by molar-refractivity contribution is 5.30. The Morgan fingerprint density at radius 3 is 3.17 bits per heavy atom. The lowest BCUT2D eigenvalue weighted by atomic mass is 10.1. The number of phenolic OH excluding ortho intramolecular Hbond substituents is 1. The molecule has 1 aromatic carbocycles. The largest absolute Gasteiger partial charge is 0.508 e. The molecule has 1 atom stereocenters. The van der Waals surface area contributed by atoms with Crippen LogP contribution in [0, 0.1) is 0 Å². The van der Waals surface area contributed by atoms with E-state index in [0.717, 1.165) is 42.9 Å². The lowest BCUT2D eigenvalue weighted by molar-refractivity contribution is 0.463. The van der Waals surface area contributed by atoms with E-state index in [-0.39, 0.29) is 6.04 Å². The van der Waals surface area contributed by atoms with E-state index in [0.29, 0.717) is 5.75 Å². The summed E-state index contributed by atoms with van der Waals surface area (Å²) in [5.74, 6) is 1.39. The monoisotopic (exact) mass is 243 g/mol. The number of imidazole rings is 1. The van der Waals surface area contributed by atoms with Crippen LogP contribution in [0.4, 0.5) is 0 Å². The predicted molar refractivity (Wildman–Crippen MR) is 69.4 cm³/mol. The van der Waals surface area contributed by atoms with Crippen LogP contribution in [0.2, 0.25) is 0 Å². The van der Waals surface area contributed by atoms with E-state index in [1.54, 1.807) is 12.1 Å². The van der Waals surface area contributed by atoms with Gasteiger partial charge in [-0.3, -0.25) is 0 Å². The molecule has 94 valence electrons. The number of hydrogen-bond donors (Lipinski definition) is 2. The molecule has 0 spiro atoms. The normalized spacial score (nSPS) is 18.6. The van der Waals surface area contributed by atoms with Crippen LogP contribution in [-0.4, -0.2) is 20.7 Å². The summed E-state index contributed by atoms with van der Waals surface area (Å²) in [6.07, 6.45) is 4.74. The molecule has 0 radical (unpaired) electrons. The van der Waals surface area contributed by atoms with Gasteiger partial charge in [-0.1, -0.05) is 12.1 Å². The van der Waals surface area contributed by atoms with E-state index in [2.05, 4.69) is 15.7 Å². The first-order valence-corrected chi connectivity index (χ1v) is 6.29. The number of nitrogens with two attached hydrogens (primary N) is 1. The van der Waals surface area contributed by atoms with Crippen molar-refractivity contribution < 1.29 is 5.11 Å². The van der Waals surface area contributed by atoms with Crippen molar-refractivity contribution in [3.8, 4) is 5.75 Å². The predicted octanol–water partition coefficient (Wildman–Crippen LogP) is 1.45. The lowest BCUT2D eigenvalue weighted by Gasteiger charge is -2.18. The van der Waals surface area contributed by atoms with Crippen molar-refractivity contribution in [3.05, 3.63) is 47.5 Å². The van der Waals surface area contributed by atoms with E-state index in [1.165, 1.54) is 0 Å². The number of phenols is 1. The van der Waals surface area contributed by atoms with Crippen molar-refractivity contribution in [3.63, 3.8) is 0 Å². The van der Waals surface area contributed by atoms with Crippen molar-refractivity contribution in [1.29, 1.82) is 0 Å². The second kappa shape index (κ2) is 4.46. The minimum atomic E-state index is 0.244. The van der Waals surface area contributed by atoms with Crippen LogP contribution in [0.25, 0.3) is 0 Å². The number of nitrogens with zero attached hydrogens (tertiary/aromatic N) is 2. The second-order valence-electron chi connectivity index (χ2n) is 4.94. The fourth-order valence-electron chi connectivity index (χ4n) is 2.47. The van der Waals surface area contributed by atoms with Crippen molar-refractivity contribution in [2.24, 2.45) is 5.73 Å². The SMILES string of the molecule is NC1CCn2cc(Cc3cccc(O)c3)nc2C1. The van der Waals surface area contributed by atoms with Gasteiger partial charge in [0, 0.05) is 31.6 Å². The van der Waals surface area contributed by atoms with Crippen LogP contribution < -0.4 is 5.73 Å². The summed E-state index contributed by atoms with van der Waals surface area (Å²) in [5.41, 5.74) is 8.07. The van der Waals surface area contributed by atoms with Crippen molar-refractivity contribution in [2.75, 3.05) is 0 Å². The number of aromatic hydroxyl groups is 1. The Balaban J connectivity index is 1.82. The van der Waals surface area contributed by atoms with Gasteiger partial charge in [-0.05, 0) is 24.1 Å². The zero-order valence-electron chi connectivity index (χ0n) is 10.2. The third-order valence-electron chi connectivity index (χ3n) is 3.39. The van der Waals surface area contributed by atoms with Gasteiger partial charge in [0.25, 0.3) is 0 Å². The number of aromatic nitrogens is 2. The van der Waals surface area contributed by atoms with Crippen LogP contribution >= 0.6 is 0 Å². The highest BCUT2D eigenvalue weighted by Crippen LogP contribution is 2.18. The van der Waals surface area contributed by atoms with E-state index < -0.39 is 0 Å². The molecule has 0 fully saturated rings. The van der Waals surface area contributed by atoms with E-state index in [9.17, 15) is 5.11 Å². The lowest BCUT2D eigenvalue weighted by Crippen LogP contribution is -2.30. The smallest absolute Gasteiger partial charge is 0.115 e. The average Bonchev–Trinajstić information content (AvgIpc) is 2.70. The van der Waals surface area contributed by atoms with Gasteiger partial charge in [0.1, 0.15) is 11.6 Å². The second-order valence-corrected chi connectivity index (χ2v) is 4.94. The molecule has 0 bridgehead atoms. The molecule has 1 unspecified atom stereocenters. The number of hydrogen-bond acceptors (Lipinski definition) is 3. The number of aryl methyl sites for hydroxylation is 1. The average molecular weight is 243 g/mol. The first-order valence-electron chi connectivity index (χ1n) is 6.29. The van der Waals surface area contributed by atoms with Gasteiger partial charge < -0.3 is 15.4 Å². The highest BCUT2D eigenvalue weighted by Gasteiger charge is 2.17. The molecule has 1 aliphatic rings. The molecule has 4 heteroatoms. The number of fused-ring (bicyclic) bond motifs is 1. The third kappa shape index (κ3) is 2.24. The van der Waals surface area contributed by atoms with Crippen LogP contribution in [0.15, 0.2) is 30.5 Å². The molecule has 3 rings (SSSR count). The molecular formula is C14H17N3O. The van der Waals surface area contributed by atoms with Gasteiger partial charge in [-0.2, -0.15) is 0 Å². The maximum Gasteiger partial charge on any atom is 0.115 e. The third-order valence-corrected chi connectivity index (χ3v) is 3.39. The minimum Gasteiger partial charge on any atom is -0.508 e. The first kappa shape index (κ1) is 11.3. The molecule has 4 nitrogen and oxygen atoms in total. The van der Waals surface area contributed by atoms with Crippen LogP contribution in [0.1, 0.15) is 23.5 Å². The first-order chi connectivity index (χ1) is 8.70. The van der Waals surface area contributed by atoms with Crippen molar-refractivity contribution in [1.82, 2.24) is 9.55 Å². The van der Waals surface area contributed by atoms with Gasteiger partial charge in [-0.25, -0.2) is 4.98 Å². The molecular weight excluding hydrogens is 226 g/mol. The fraction of sp³-hybridized carbons (Fsp3) is 0.357. The Morgan fingerprint density at radius 2 is 2.33 bits per heavy atom. The van der Waals surface area contributed by atoms with E-state index in [4.69, 9.17) is 5.73 Å². The summed E-state index contributed by atoms with van der Waals surface area (Å²) in [7, 11) is 0. The maximum atomic E-state index is 9.45. The summed E-state index contributed by atoms with van der Waals surface area (Å²) in [6, 6.07) is 7.57. The summed E-state index contributed by atoms with van der Waals surface area (Å²) in [4.78, 5) is 4.63. The van der Waals surface area contributed by atoms with E-state index >= 15 is 0 Å². The van der Waals surface area contributed by atoms with Crippen LogP contribution in [-0.2, 0) is 19.4 Å². The molecule has 2 heterocycles. The summed E-state index contributed by atoms with van der Waals surface area (Å²) < 4.78 is 2.20. The van der Waals surface area contributed by atoms with Gasteiger partial charge in [0.05, 0.1) is 5.69 Å². The maximum absolute atomic E-state index is 9.45. The Morgan fingerprint density at radius 1 is 1.44 bits per heavy atom. The molecule has 0 amide bonds. The molecule has 0 saturated carbocycles. The van der Waals surface area contributed by atoms with Crippen molar-refractivity contribution >= 4 is 0 Å². The zero-order chi connectivity index (χ0) is 12.5. The fourth-order valence-corrected chi connectivity index (χ4v) is 2.47. The Bertz CT molecular complexity index is 562. The minimum absolute atomic E-state index is 0.244. The van der Waals surface area contributed by atoms with Gasteiger partial charge in [0.15, 0.2) is 0 Å². The number of benzene rings is 1. The van der Waals surface area contributed by atoms with Gasteiger partial charge in [0.2, 0.25) is 0 Å². The molecule has 3 N–H and O–H groups in total.